The predicted octanol–water partition coefficient (Wildman–Crippen LogP) is 1.93. The van der Waals surface area contributed by atoms with Crippen molar-refractivity contribution in [3.05, 3.63) is 29.8 Å². The number of nitrogens with zero attached hydrogens (tertiary/aromatic N) is 1. The molecule has 0 bridgehead atoms. The monoisotopic (exact) mass is 288 g/mol. The maximum Gasteiger partial charge on any atom is 0.222 e. The molecular weight excluding hydrogens is 264 g/mol. The molecule has 2 N–H and O–H groups in total. The second-order valence-electron chi connectivity index (χ2n) is 6.47. The van der Waals surface area contributed by atoms with Crippen LogP contribution in [0.1, 0.15) is 31.2 Å². The van der Waals surface area contributed by atoms with Crippen molar-refractivity contribution in [2.45, 2.75) is 32.1 Å². The molecule has 3 rings (SSSR count). The highest BCUT2D eigenvalue weighted by Gasteiger charge is 2.39. The molecule has 2 heterocycles. The quantitative estimate of drug-likeness (QED) is 0.893. The molecule has 2 aliphatic heterocycles. The van der Waals surface area contributed by atoms with Gasteiger partial charge in [0.25, 0.3) is 0 Å². The van der Waals surface area contributed by atoms with Gasteiger partial charge >= 0.3 is 0 Å². The lowest BCUT2D eigenvalue weighted by Crippen LogP contribution is -2.47. The van der Waals surface area contributed by atoms with Gasteiger partial charge in [0.2, 0.25) is 5.91 Å². The van der Waals surface area contributed by atoms with Crippen molar-refractivity contribution in [1.29, 1.82) is 0 Å². The smallest absolute Gasteiger partial charge is 0.222 e. The Bertz CT molecular complexity index is 509. The van der Waals surface area contributed by atoms with Crippen molar-refractivity contribution in [2.75, 3.05) is 26.2 Å². The Labute approximate surface area is 126 Å². The minimum absolute atomic E-state index is 0.226. The van der Waals surface area contributed by atoms with Gasteiger partial charge in [-0.3, -0.25) is 4.79 Å². The van der Waals surface area contributed by atoms with Gasteiger partial charge in [-0.05, 0) is 43.9 Å². The number of aryl methyl sites for hydroxylation is 1. The minimum Gasteiger partial charge on any atom is -0.508 e. The zero-order valence-electron chi connectivity index (χ0n) is 12.5. The number of piperidine rings is 1. The van der Waals surface area contributed by atoms with Gasteiger partial charge in [-0.15, -0.1) is 0 Å². The highest BCUT2D eigenvalue weighted by atomic mass is 16.3. The van der Waals surface area contributed by atoms with Gasteiger partial charge in [-0.1, -0.05) is 18.2 Å². The standard InChI is InChI=1S/C17H24N2O2/c20-15-5-2-1-4-14(15)6-7-16(21)19-11-3-8-17(13-19)9-10-18-12-17/h1-2,4-5,18,20H,3,6-13H2/t17-/m1/s1. The summed E-state index contributed by atoms with van der Waals surface area (Å²) in [5.74, 6) is 0.518. The van der Waals surface area contributed by atoms with E-state index in [2.05, 4.69) is 5.32 Å². The fraction of sp³-hybridized carbons (Fsp3) is 0.588. The van der Waals surface area contributed by atoms with E-state index in [1.54, 1.807) is 6.07 Å². The highest BCUT2D eigenvalue weighted by molar-refractivity contribution is 5.76. The molecule has 1 aromatic carbocycles. The number of hydrogen-bond acceptors (Lipinski definition) is 3. The third-order valence-electron chi connectivity index (χ3n) is 4.95. The van der Waals surface area contributed by atoms with E-state index in [0.717, 1.165) is 38.2 Å². The average molecular weight is 288 g/mol. The van der Waals surface area contributed by atoms with Crippen molar-refractivity contribution in [1.82, 2.24) is 10.2 Å². The number of benzene rings is 1. The van der Waals surface area contributed by atoms with Gasteiger partial charge in [0.15, 0.2) is 0 Å². The Morgan fingerprint density at radius 2 is 2.19 bits per heavy atom. The molecule has 0 unspecified atom stereocenters. The lowest BCUT2D eigenvalue weighted by molar-refractivity contribution is -0.134. The molecule has 0 radical (unpaired) electrons. The second-order valence-corrected chi connectivity index (χ2v) is 6.47. The molecule has 1 atom stereocenters. The van der Waals surface area contributed by atoms with Crippen LogP contribution in [0.5, 0.6) is 5.75 Å². The lowest BCUT2D eigenvalue weighted by Gasteiger charge is -2.40. The second kappa shape index (κ2) is 6.06. The first-order valence-electron chi connectivity index (χ1n) is 7.94. The molecule has 0 aromatic heterocycles. The number of para-hydroxylation sites is 1. The Kier molecular flexibility index (Phi) is 4.15. The molecule has 4 heteroatoms. The summed E-state index contributed by atoms with van der Waals surface area (Å²) in [5, 5.41) is 13.2. The van der Waals surface area contributed by atoms with Gasteiger partial charge in [0.05, 0.1) is 0 Å². The van der Waals surface area contributed by atoms with Gasteiger partial charge in [0, 0.05) is 31.5 Å². The van der Waals surface area contributed by atoms with Gasteiger partial charge in [-0.25, -0.2) is 0 Å². The number of aromatic hydroxyl groups is 1. The van der Waals surface area contributed by atoms with E-state index in [4.69, 9.17) is 0 Å². The molecule has 1 aromatic rings. The first-order chi connectivity index (χ1) is 10.2. The summed E-state index contributed by atoms with van der Waals surface area (Å²) in [6.45, 7) is 3.93. The fourth-order valence-electron chi connectivity index (χ4n) is 3.69. The molecule has 1 amide bonds. The summed E-state index contributed by atoms with van der Waals surface area (Å²) in [7, 11) is 0. The SMILES string of the molecule is O=C(CCc1ccccc1O)N1CCC[C@]2(CCNC2)C1. The first-order valence-corrected chi connectivity index (χ1v) is 7.94. The Balaban J connectivity index is 1.57. The van der Waals surface area contributed by atoms with Crippen LogP contribution in [0.15, 0.2) is 24.3 Å². The van der Waals surface area contributed by atoms with Crippen LogP contribution in [0.4, 0.5) is 0 Å². The minimum atomic E-state index is 0.226. The van der Waals surface area contributed by atoms with E-state index in [1.165, 1.54) is 12.8 Å². The van der Waals surface area contributed by atoms with E-state index in [0.29, 0.717) is 24.0 Å². The molecule has 0 aliphatic carbocycles. The van der Waals surface area contributed by atoms with Gasteiger partial charge < -0.3 is 15.3 Å². The number of carbonyl (C=O) groups excluding carboxylic acids is 1. The number of rotatable bonds is 3. The highest BCUT2D eigenvalue weighted by Crippen LogP contribution is 2.35. The summed E-state index contributed by atoms with van der Waals surface area (Å²) >= 11 is 0. The lowest BCUT2D eigenvalue weighted by atomic mass is 9.79. The zero-order valence-corrected chi connectivity index (χ0v) is 12.5. The number of nitrogens with one attached hydrogen (secondary N) is 1. The summed E-state index contributed by atoms with van der Waals surface area (Å²) in [6.07, 6.45) is 4.65. The molecular formula is C17H24N2O2. The van der Waals surface area contributed by atoms with Crippen LogP contribution < -0.4 is 5.32 Å². The molecule has 1 spiro atoms. The Morgan fingerprint density at radius 1 is 1.33 bits per heavy atom. The van der Waals surface area contributed by atoms with Crippen LogP contribution in [0.2, 0.25) is 0 Å². The maximum atomic E-state index is 12.4. The number of hydrogen-bond donors (Lipinski definition) is 2. The number of carbonyl (C=O) groups is 1. The Morgan fingerprint density at radius 3 is 2.95 bits per heavy atom. The largest absolute Gasteiger partial charge is 0.508 e. The van der Waals surface area contributed by atoms with Crippen LogP contribution >= 0.6 is 0 Å². The van der Waals surface area contributed by atoms with E-state index >= 15 is 0 Å². The summed E-state index contributed by atoms with van der Waals surface area (Å²) < 4.78 is 0. The van der Waals surface area contributed by atoms with Gasteiger partial charge in [0.1, 0.15) is 5.75 Å². The Hall–Kier alpha value is -1.55. The third kappa shape index (κ3) is 3.21. The van der Waals surface area contributed by atoms with E-state index in [-0.39, 0.29) is 5.91 Å². The van der Waals surface area contributed by atoms with Crippen LogP contribution in [-0.2, 0) is 11.2 Å². The number of amides is 1. The van der Waals surface area contributed by atoms with Crippen LogP contribution in [-0.4, -0.2) is 42.1 Å². The molecule has 0 saturated carbocycles. The van der Waals surface area contributed by atoms with Crippen LogP contribution in [0.25, 0.3) is 0 Å². The molecule has 2 aliphatic rings. The summed E-state index contributed by atoms with van der Waals surface area (Å²) in [5.41, 5.74) is 1.18. The normalized spacial score (nSPS) is 25.4. The van der Waals surface area contributed by atoms with Crippen molar-refractivity contribution in [2.24, 2.45) is 5.41 Å². The van der Waals surface area contributed by atoms with Crippen molar-refractivity contribution in [3.8, 4) is 5.75 Å². The summed E-state index contributed by atoms with van der Waals surface area (Å²) in [4.78, 5) is 14.5. The van der Waals surface area contributed by atoms with Crippen molar-refractivity contribution >= 4 is 5.91 Å². The predicted molar refractivity (Wildman–Crippen MR) is 82.2 cm³/mol. The number of likely N-dealkylation sites (tertiary alicyclic amines) is 1. The van der Waals surface area contributed by atoms with Crippen molar-refractivity contribution < 1.29 is 9.90 Å². The number of phenols is 1. The molecule has 4 nitrogen and oxygen atoms in total. The van der Waals surface area contributed by atoms with E-state index < -0.39 is 0 Å². The van der Waals surface area contributed by atoms with E-state index in [9.17, 15) is 9.90 Å². The third-order valence-corrected chi connectivity index (χ3v) is 4.95. The molecule has 2 saturated heterocycles. The fourth-order valence-corrected chi connectivity index (χ4v) is 3.69. The number of phenolic OH excluding ortho intramolecular Hbond substituents is 1. The van der Waals surface area contributed by atoms with Crippen LogP contribution in [0, 0.1) is 5.41 Å². The zero-order chi connectivity index (χ0) is 14.7. The molecule has 2 fully saturated rings. The first kappa shape index (κ1) is 14.4. The average Bonchev–Trinajstić information content (AvgIpc) is 2.94. The van der Waals surface area contributed by atoms with Gasteiger partial charge in [-0.2, -0.15) is 0 Å². The maximum absolute atomic E-state index is 12.4. The van der Waals surface area contributed by atoms with E-state index in [1.807, 2.05) is 23.1 Å². The summed E-state index contributed by atoms with van der Waals surface area (Å²) in [6, 6.07) is 7.28. The molecule has 114 valence electrons. The van der Waals surface area contributed by atoms with Crippen LogP contribution in [0.3, 0.4) is 0 Å². The van der Waals surface area contributed by atoms with Crippen molar-refractivity contribution in [3.63, 3.8) is 0 Å². The molecule has 21 heavy (non-hydrogen) atoms. The topological polar surface area (TPSA) is 52.6 Å².